The van der Waals surface area contributed by atoms with Gasteiger partial charge in [-0.15, -0.1) is 5.10 Å². The van der Waals surface area contributed by atoms with Crippen molar-refractivity contribution >= 4 is 34.4 Å². The number of carbonyl (C=O) groups excluding carboxylic acids is 2. The predicted molar refractivity (Wildman–Crippen MR) is 82.6 cm³/mol. The summed E-state index contributed by atoms with van der Waals surface area (Å²) in [6.45, 7) is 0. The first-order chi connectivity index (χ1) is 10.7. The molecule has 0 saturated heterocycles. The van der Waals surface area contributed by atoms with Gasteiger partial charge in [0.1, 0.15) is 0 Å². The van der Waals surface area contributed by atoms with Crippen LogP contribution in [-0.2, 0) is 15.8 Å². The van der Waals surface area contributed by atoms with Crippen LogP contribution in [0.2, 0.25) is 0 Å². The molecule has 0 fully saturated rings. The number of para-hydroxylation sites is 1. The summed E-state index contributed by atoms with van der Waals surface area (Å²) < 4.78 is 38.3. The third kappa shape index (κ3) is 6.59. The summed E-state index contributed by atoms with van der Waals surface area (Å²) in [5, 5.41) is 5.81. The summed E-state index contributed by atoms with van der Waals surface area (Å²) in [6, 6.07) is 4.60. The normalized spacial score (nSPS) is 11.9. The number of hydrogen-bond donors (Lipinski definition) is 3. The fourth-order valence-electron chi connectivity index (χ4n) is 1.50. The molecule has 1 aromatic rings. The van der Waals surface area contributed by atoms with Crippen molar-refractivity contribution in [2.75, 3.05) is 11.6 Å². The highest BCUT2D eigenvalue weighted by atomic mass is 32.2. The molecule has 0 aliphatic rings. The Balaban J connectivity index is 2.57. The second kappa shape index (κ2) is 8.42. The van der Waals surface area contributed by atoms with E-state index in [9.17, 15) is 22.8 Å². The van der Waals surface area contributed by atoms with Crippen LogP contribution in [0.3, 0.4) is 0 Å². The Hall–Kier alpha value is -2.23. The molecule has 2 amide bonds. The van der Waals surface area contributed by atoms with Gasteiger partial charge in [0.25, 0.3) is 0 Å². The lowest BCUT2D eigenvalue weighted by Crippen LogP contribution is -2.23. The molecule has 0 heterocycles. The lowest BCUT2D eigenvalue weighted by molar-refractivity contribution is -0.137. The van der Waals surface area contributed by atoms with E-state index in [2.05, 4.69) is 15.8 Å². The predicted octanol–water partition coefficient (Wildman–Crippen LogP) is 2.13. The highest BCUT2D eigenvalue weighted by Gasteiger charge is 2.33. The number of benzene rings is 1. The molecule has 6 nitrogen and oxygen atoms in total. The zero-order valence-electron chi connectivity index (χ0n) is 12.1. The standard InChI is InChI=1S/C13H15F3N4O2S/c1-23-12(17)20-19-11(22)7-6-10(21)18-9-5-3-2-4-8(9)13(14,15)16/h2-5H,6-7H2,1H3,(H2,17,20)(H,18,21)(H,19,22). The summed E-state index contributed by atoms with van der Waals surface area (Å²) in [5.41, 5.74) is 6.18. The molecule has 0 atom stereocenters. The van der Waals surface area contributed by atoms with Crippen molar-refractivity contribution in [1.29, 1.82) is 0 Å². The highest BCUT2D eigenvalue weighted by molar-refractivity contribution is 8.13. The van der Waals surface area contributed by atoms with E-state index < -0.39 is 23.6 Å². The first-order valence-electron chi connectivity index (χ1n) is 6.36. The van der Waals surface area contributed by atoms with Crippen molar-refractivity contribution in [3.63, 3.8) is 0 Å². The monoisotopic (exact) mass is 348 g/mol. The lowest BCUT2D eigenvalue weighted by atomic mass is 10.1. The molecule has 1 aromatic carbocycles. The van der Waals surface area contributed by atoms with E-state index in [1.54, 1.807) is 6.26 Å². The van der Waals surface area contributed by atoms with Crippen LogP contribution in [-0.4, -0.2) is 23.2 Å². The molecule has 0 bridgehead atoms. The molecule has 0 aromatic heterocycles. The number of halogens is 3. The topological polar surface area (TPSA) is 96.6 Å². The zero-order valence-corrected chi connectivity index (χ0v) is 12.9. The van der Waals surface area contributed by atoms with Crippen LogP contribution < -0.4 is 16.5 Å². The van der Waals surface area contributed by atoms with Gasteiger partial charge in [0.2, 0.25) is 11.8 Å². The van der Waals surface area contributed by atoms with Crippen LogP contribution in [0.5, 0.6) is 0 Å². The second-order valence-electron chi connectivity index (χ2n) is 4.28. The fraction of sp³-hybridized carbons (Fsp3) is 0.308. The first-order valence-corrected chi connectivity index (χ1v) is 7.58. The number of hydrazone groups is 1. The molecular formula is C13H15F3N4O2S. The van der Waals surface area contributed by atoms with Gasteiger partial charge in [0, 0.05) is 12.8 Å². The molecule has 0 saturated carbocycles. The summed E-state index contributed by atoms with van der Waals surface area (Å²) >= 11 is 1.12. The van der Waals surface area contributed by atoms with Crippen molar-refractivity contribution in [2.24, 2.45) is 10.8 Å². The number of thioether (sulfide) groups is 1. The Labute approximate surface area is 134 Å². The smallest absolute Gasteiger partial charge is 0.377 e. The van der Waals surface area contributed by atoms with Crippen LogP contribution in [0.25, 0.3) is 0 Å². The van der Waals surface area contributed by atoms with E-state index in [0.29, 0.717) is 0 Å². The van der Waals surface area contributed by atoms with E-state index in [1.165, 1.54) is 12.1 Å². The van der Waals surface area contributed by atoms with Crippen LogP contribution in [0, 0.1) is 0 Å². The van der Waals surface area contributed by atoms with E-state index in [4.69, 9.17) is 5.73 Å². The molecule has 0 unspecified atom stereocenters. The molecule has 4 N–H and O–H groups in total. The Kier molecular flexibility index (Phi) is 6.89. The van der Waals surface area contributed by atoms with Crippen molar-refractivity contribution in [1.82, 2.24) is 5.43 Å². The number of nitrogens with zero attached hydrogens (tertiary/aromatic N) is 1. The average molecular weight is 348 g/mol. The number of carbonyl (C=O) groups is 2. The molecule has 126 valence electrons. The summed E-state index contributed by atoms with van der Waals surface area (Å²) in [4.78, 5) is 23.1. The van der Waals surface area contributed by atoms with Crippen LogP contribution in [0.15, 0.2) is 29.4 Å². The van der Waals surface area contributed by atoms with Gasteiger partial charge in [-0.3, -0.25) is 9.59 Å². The minimum atomic E-state index is -4.58. The van der Waals surface area contributed by atoms with E-state index in [0.717, 1.165) is 23.9 Å². The van der Waals surface area contributed by atoms with E-state index in [-0.39, 0.29) is 23.7 Å². The van der Waals surface area contributed by atoms with Gasteiger partial charge in [0.15, 0.2) is 5.17 Å². The highest BCUT2D eigenvalue weighted by Crippen LogP contribution is 2.34. The van der Waals surface area contributed by atoms with Crippen LogP contribution in [0.1, 0.15) is 18.4 Å². The quantitative estimate of drug-likeness (QED) is 0.431. The summed E-state index contributed by atoms with van der Waals surface area (Å²) in [5.74, 6) is -1.28. The number of nitrogens with one attached hydrogen (secondary N) is 2. The third-order valence-corrected chi connectivity index (χ3v) is 3.10. The largest absolute Gasteiger partial charge is 0.418 e. The third-order valence-electron chi connectivity index (χ3n) is 2.59. The van der Waals surface area contributed by atoms with Crippen molar-refractivity contribution in [2.45, 2.75) is 19.0 Å². The Morgan fingerprint density at radius 1 is 1.22 bits per heavy atom. The number of hydrogen-bond acceptors (Lipinski definition) is 4. The van der Waals surface area contributed by atoms with Gasteiger partial charge in [-0.1, -0.05) is 23.9 Å². The van der Waals surface area contributed by atoms with Crippen molar-refractivity contribution in [3.05, 3.63) is 29.8 Å². The van der Waals surface area contributed by atoms with Crippen LogP contribution >= 0.6 is 11.8 Å². The average Bonchev–Trinajstić information content (AvgIpc) is 2.50. The van der Waals surface area contributed by atoms with Crippen molar-refractivity contribution in [3.8, 4) is 0 Å². The van der Waals surface area contributed by atoms with Gasteiger partial charge >= 0.3 is 6.18 Å². The maximum atomic E-state index is 12.8. The maximum Gasteiger partial charge on any atom is 0.418 e. The second-order valence-corrected chi connectivity index (χ2v) is 5.11. The van der Waals surface area contributed by atoms with E-state index in [1.807, 2.05) is 0 Å². The van der Waals surface area contributed by atoms with Crippen LogP contribution in [0.4, 0.5) is 18.9 Å². The number of amides is 2. The SMILES string of the molecule is CS/C(N)=N/NC(=O)CCC(=O)Nc1ccccc1C(F)(F)F. The molecule has 0 radical (unpaired) electrons. The van der Waals surface area contributed by atoms with Gasteiger partial charge in [-0.05, 0) is 18.4 Å². The molecule has 0 aliphatic heterocycles. The Morgan fingerprint density at radius 3 is 2.43 bits per heavy atom. The zero-order chi connectivity index (χ0) is 17.5. The fourth-order valence-corrected chi connectivity index (χ4v) is 1.64. The van der Waals surface area contributed by atoms with E-state index >= 15 is 0 Å². The summed E-state index contributed by atoms with van der Waals surface area (Å²) in [7, 11) is 0. The Morgan fingerprint density at radius 2 is 1.83 bits per heavy atom. The molecule has 0 aliphatic carbocycles. The Bertz CT molecular complexity index is 605. The number of rotatable bonds is 5. The number of anilines is 1. The van der Waals surface area contributed by atoms with Gasteiger partial charge in [0.05, 0.1) is 11.3 Å². The molecule has 23 heavy (non-hydrogen) atoms. The summed E-state index contributed by atoms with van der Waals surface area (Å²) in [6.07, 6.45) is -3.43. The lowest BCUT2D eigenvalue weighted by Gasteiger charge is -2.13. The minimum absolute atomic E-state index is 0.141. The maximum absolute atomic E-state index is 12.8. The number of alkyl halides is 3. The minimum Gasteiger partial charge on any atom is -0.377 e. The van der Waals surface area contributed by atoms with Gasteiger partial charge in [-0.25, -0.2) is 5.43 Å². The molecule has 0 spiro atoms. The van der Waals surface area contributed by atoms with Gasteiger partial charge < -0.3 is 11.1 Å². The molecular weight excluding hydrogens is 333 g/mol. The van der Waals surface area contributed by atoms with Crippen molar-refractivity contribution < 1.29 is 22.8 Å². The first kappa shape index (κ1) is 18.8. The molecule has 10 heteroatoms. The number of nitrogens with two attached hydrogens (primary N) is 1. The van der Waals surface area contributed by atoms with Gasteiger partial charge in [-0.2, -0.15) is 13.2 Å². The molecule has 1 rings (SSSR count). The number of amidine groups is 1.